The first-order valence-electron chi connectivity index (χ1n) is 7.02. The highest BCUT2D eigenvalue weighted by Gasteiger charge is 2.19. The highest BCUT2D eigenvalue weighted by molar-refractivity contribution is 5.96. The number of nitrogens with two attached hydrogens (primary N) is 1. The number of benzene rings is 1. The standard InChI is InChI=1S/C17H21N3O/c1-4-20(12-14(3)11-19)17(21)16-8-7-13(2)10-15(16)6-5-9-18/h7-8,10,14H,4,9,12,18H2,1-3H3. The monoisotopic (exact) mass is 283 g/mol. The minimum Gasteiger partial charge on any atom is -0.338 e. The lowest BCUT2D eigenvalue weighted by atomic mass is 10.0. The summed E-state index contributed by atoms with van der Waals surface area (Å²) in [5, 5.41) is 8.91. The Bertz CT molecular complexity index is 605. The zero-order chi connectivity index (χ0) is 15.8. The van der Waals surface area contributed by atoms with E-state index in [-0.39, 0.29) is 18.4 Å². The van der Waals surface area contributed by atoms with E-state index in [2.05, 4.69) is 17.9 Å². The van der Waals surface area contributed by atoms with Crippen LogP contribution in [0, 0.1) is 36.0 Å². The number of amides is 1. The molecule has 2 N–H and O–H groups in total. The molecular weight excluding hydrogens is 262 g/mol. The lowest BCUT2D eigenvalue weighted by Gasteiger charge is -2.22. The third-order valence-corrected chi connectivity index (χ3v) is 3.11. The Kier molecular flexibility index (Phi) is 6.46. The van der Waals surface area contributed by atoms with Crippen molar-refractivity contribution in [3.8, 4) is 17.9 Å². The van der Waals surface area contributed by atoms with Crippen LogP contribution in [0.1, 0.15) is 35.3 Å². The Morgan fingerprint density at radius 1 is 1.48 bits per heavy atom. The van der Waals surface area contributed by atoms with Crippen molar-refractivity contribution < 1.29 is 4.79 Å². The minimum atomic E-state index is -0.196. The fourth-order valence-electron chi connectivity index (χ4n) is 1.99. The van der Waals surface area contributed by atoms with Crippen LogP contribution in [0.5, 0.6) is 0 Å². The molecule has 0 aliphatic rings. The fraction of sp³-hybridized carbons (Fsp3) is 0.412. The summed E-state index contributed by atoms with van der Waals surface area (Å²) in [4.78, 5) is 14.3. The van der Waals surface area contributed by atoms with Crippen molar-refractivity contribution in [1.29, 1.82) is 5.26 Å². The predicted octanol–water partition coefficient (Wildman–Crippen LogP) is 1.93. The molecule has 0 bridgehead atoms. The third kappa shape index (κ3) is 4.63. The topological polar surface area (TPSA) is 70.1 Å². The van der Waals surface area contributed by atoms with Crippen molar-refractivity contribution in [1.82, 2.24) is 4.90 Å². The van der Waals surface area contributed by atoms with Gasteiger partial charge >= 0.3 is 0 Å². The molecule has 0 aromatic heterocycles. The van der Waals surface area contributed by atoms with Gasteiger partial charge in [-0.2, -0.15) is 5.26 Å². The molecule has 0 spiro atoms. The Morgan fingerprint density at radius 2 is 2.19 bits per heavy atom. The molecule has 0 fully saturated rings. The number of carbonyl (C=O) groups excluding carboxylic acids is 1. The van der Waals surface area contributed by atoms with Gasteiger partial charge in [0.2, 0.25) is 0 Å². The van der Waals surface area contributed by atoms with Gasteiger partial charge in [-0.3, -0.25) is 4.79 Å². The number of hydrogen-bond donors (Lipinski definition) is 1. The van der Waals surface area contributed by atoms with Gasteiger partial charge in [-0.1, -0.05) is 17.9 Å². The van der Waals surface area contributed by atoms with E-state index < -0.39 is 0 Å². The molecule has 1 rings (SSSR count). The largest absolute Gasteiger partial charge is 0.338 e. The number of hydrogen-bond acceptors (Lipinski definition) is 3. The average molecular weight is 283 g/mol. The van der Waals surface area contributed by atoms with Crippen LogP contribution in [0.4, 0.5) is 0 Å². The van der Waals surface area contributed by atoms with Crippen LogP contribution < -0.4 is 5.73 Å². The molecule has 1 amide bonds. The Balaban J connectivity index is 3.13. The Morgan fingerprint density at radius 3 is 2.76 bits per heavy atom. The van der Waals surface area contributed by atoms with Crippen LogP contribution in [0.15, 0.2) is 18.2 Å². The van der Waals surface area contributed by atoms with Crippen LogP contribution in [0.2, 0.25) is 0 Å². The maximum absolute atomic E-state index is 12.6. The summed E-state index contributed by atoms with van der Waals surface area (Å²) in [7, 11) is 0. The second-order valence-corrected chi connectivity index (χ2v) is 4.93. The Labute approximate surface area is 126 Å². The molecule has 1 aromatic rings. The quantitative estimate of drug-likeness (QED) is 0.858. The summed E-state index contributed by atoms with van der Waals surface area (Å²) in [5.74, 6) is 5.45. The molecule has 4 nitrogen and oxygen atoms in total. The van der Waals surface area contributed by atoms with Gasteiger partial charge in [0.1, 0.15) is 0 Å². The molecule has 0 aliphatic carbocycles. The molecule has 4 heteroatoms. The zero-order valence-electron chi connectivity index (χ0n) is 12.8. The summed E-state index contributed by atoms with van der Waals surface area (Å²) in [6.45, 7) is 6.90. The first-order valence-corrected chi connectivity index (χ1v) is 7.02. The lowest BCUT2D eigenvalue weighted by Crippen LogP contribution is -2.34. The minimum absolute atomic E-state index is 0.0964. The van der Waals surface area contributed by atoms with Gasteiger partial charge in [0, 0.05) is 18.7 Å². The second kappa shape index (κ2) is 8.09. The first kappa shape index (κ1) is 16.8. The van der Waals surface area contributed by atoms with E-state index in [1.807, 2.05) is 26.0 Å². The van der Waals surface area contributed by atoms with Gasteiger partial charge in [-0.25, -0.2) is 0 Å². The maximum Gasteiger partial charge on any atom is 0.255 e. The van der Waals surface area contributed by atoms with Gasteiger partial charge in [-0.05, 0) is 38.5 Å². The van der Waals surface area contributed by atoms with E-state index in [4.69, 9.17) is 11.0 Å². The lowest BCUT2D eigenvalue weighted by molar-refractivity contribution is 0.0752. The molecule has 0 heterocycles. The van der Waals surface area contributed by atoms with Crippen molar-refractivity contribution >= 4 is 5.91 Å². The molecular formula is C17H21N3O. The molecule has 0 saturated carbocycles. The van der Waals surface area contributed by atoms with Crippen molar-refractivity contribution in [2.24, 2.45) is 11.7 Å². The van der Waals surface area contributed by atoms with Crippen molar-refractivity contribution in [2.45, 2.75) is 20.8 Å². The van der Waals surface area contributed by atoms with Crippen LogP contribution in [0.3, 0.4) is 0 Å². The van der Waals surface area contributed by atoms with Crippen molar-refractivity contribution in [3.05, 3.63) is 34.9 Å². The highest BCUT2D eigenvalue weighted by Crippen LogP contribution is 2.14. The molecule has 0 saturated heterocycles. The molecule has 0 aliphatic heterocycles. The normalized spacial score (nSPS) is 11.0. The smallest absolute Gasteiger partial charge is 0.255 e. The van der Waals surface area contributed by atoms with E-state index >= 15 is 0 Å². The van der Waals surface area contributed by atoms with E-state index in [0.717, 1.165) is 5.56 Å². The number of rotatable bonds is 4. The molecule has 1 unspecified atom stereocenters. The molecule has 110 valence electrons. The van der Waals surface area contributed by atoms with Gasteiger partial charge < -0.3 is 10.6 Å². The first-order chi connectivity index (χ1) is 10.0. The van der Waals surface area contributed by atoms with E-state index in [1.54, 1.807) is 17.9 Å². The van der Waals surface area contributed by atoms with E-state index in [9.17, 15) is 4.79 Å². The average Bonchev–Trinajstić information content (AvgIpc) is 2.49. The molecule has 0 radical (unpaired) electrons. The van der Waals surface area contributed by atoms with Crippen LogP contribution in [-0.2, 0) is 0 Å². The van der Waals surface area contributed by atoms with Crippen molar-refractivity contribution in [2.75, 3.05) is 19.6 Å². The van der Waals surface area contributed by atoms with Crippen LogP contribution in [-0.4, -0.2) is 30.4 Å². The fourth-order valence-corrected chi connectivity index (χ4v) is 1.99. The van der Waals surface area contributed by atoms with Crippen LogP contribution >= 0.6 is 0 Å². The zero-order valence-corrected chi connectivity index (χ0v) is 12.8. The number of aryl methyl sites for hydroxylation is 1. The maximum atomic E-state index is 12.6. The van der Waals surface area contributed by atoms with E-state index in [1.165, 1.54) is 0 Å². The third-order valence-electron chi connectivity index (χ3n) is 3.11. The second-order valence-electron chi connectivity index (χ2n) is 4.93. The summed E-state index contributed by atoms with van der Waals surface area (Å²) in [5.41, 5.74) is 7.70. The van der Waals surface area contributed by atoms with Gasteiger partial charge in [0.05, 0.1) is 24.1 Å². The summed E-state index contributed by atoms with van der Waals surface area (Å²) in [6, 6.07) is 7.72. The highest BCUT2D eigenvalue weighted by atomic mass is 16.2. The summed E-state index contributed by atoms with van der Waals surface area (Å²) < 4.78 is 0. The van der Waals surface area contributed by atoms with Gasteiger partial charge in [0.25, 0.3) is 5.91 Å². The predicted molar refractivity (Wildman–Crippen MR) is 83.5 cm³/mol. The van der Waals surface area contributed by atoms with Crippen LogP contribution in [0.25, 0.3) is 0 Å². The van der Waals surface area contributed by atoms with Gasteiger partial charge in [0.15, 0.2) is 0 Å². The number of carbonyl (C=O) groups is 1. The summed E-state index contributed by atoms with van der Waals surface area (Å²) >= 11 is 0. The Hall–Kier alpha value is -2.30. The van der Waals surface area contributed by atoms with Crippen molar-refractivity contribution in [3.63, 3.8) is 0 Å². The molecule has 1 atom stereocenters. The van der Waals surface area contributed by atoms with E-state index in [0.29, 0.717) is 24.2 Å². The SMILES string of the molecule is CCN(CC(C)C#N)C(=O)c1ccc(C)cc1C#CCN. The molecule has 1 aromatic carbocycles. The van der Waals surface area contributed by atoms with Gasteiger partial charge in [-0.15, -0.1) is 0 Å². The number of nitriles is 1. The number of nitrogens with zero attached hydrogens (tertiary/aromatic N) is 2. The summed E-state index contributed by atoms with van der Waals surface area (Å²) in [6.07, 6.45) is 0. The molecule has 21 heavy (non-hydrogen) atoms.